The van der Waals surface area contributed by atoms with Crippen molar-refractivity contribution in [3.05, 3.63) is 144 Å². The maximum Gasteiger partial charge on any atom is 0.327 e. The van der Waals surface area contributed by atoms with E-state index < -0.39 is 210 Å². The van der Waals surface area contributed by atoms with Crippen molar-refractivity contribution in [1.29, 1.82) is 0 Å². The Kier molecular flexibility index (Phi) is 38.4. The van der Waals surface area contributed by atoms with Crippen LogP contribution < -0.4 is 92.1 Å². The first-order valence-electron chi connectivity index (χ1n) is 37.4. The molecule has 1 aliphatic heterocycles. The molecule has 0 bridgehead atoms. The molecule has 2 heterocycles. The number of carbonyl (C=O) groups is 15. The second-order valence-corrected chi connectivity index (χ2v) is 30.1. The Labute approximate surface area is 670 Å². The molecule has 6 rings (SSSR count). The highest BCUT2D eigenvalue weighted by molar-refractivity contribution is 8.76. The average Bonchev–Trinajstić information content (AvgIpc) is 1.71. The van der Waals surface area contributed by atoms with Crippen LogP contribution in [0.4, 0.5) is 0 Å². The Balaban J connectivity index is 1.47. The average molecular weight is 1640 g/mol. The lowest BCUT2D eigenvalue weighted by Crippen LogP contribution is -2.63. The number of aliphatic hydroxyl groups excluding tert-OH is 3. The number of carboxylic acids is 1. The summed E-state index contributed by atoms with van der Waals surface area (Å²) in [5.41, 5.74) is 25.6. The number of benzene rings is 4. The summed E-state index contributed by atoms with van der Waals surface area (Å²) in [6.07, 6.45) is -3.48. The minimum absolute atomic E-state index is 0.104. The molecule has 14 amide bonds. The topological polar surface area (TPSA) is 613 Å². The monoisotopic (exact) mass is 1640 g/mol. The van der Waals surface area contributed by atoms with Crippen LogP contribution >= 0.6 is 21.6 Å². The van der Waals surface area contributed by atoms with E-state index in [1.165, 1.54) is 6.92 Å². The third-order valence-electron chi connectivity index (χ3n) is 18.3. The van der Waals surface area contributed by atoms with Crippen molar-refractivity contribution in [2.45, 2.75) is 182 Å². The molecule has 1 saturated heterocycles. The first-order valence-corrected chi connectivity index (χ1v) is 39.8. The van der Waals surface area contributed by atoms with E-state index >= 15 is 14.4 Å². The maximum atomic E-state index is 15.4. The SMILES string of the molecule is C[C@H](N)C(=O)NCC(=O)N[C@@H]1CSSC[C@@H](C(=O)O)NC(=O)[C@H](CO)NC(=O)[C@H]([C@@H](C)O)NC(=O)[C@@H](Cc2ccccc2)NC(=O)[C@H]([C@@H](C)O)NC(=O)[C@H](CCCCN)NC(=O)[C@@H](Cc2c[nH]c3ccccc23)NC(=O)[C@@H](Cc2ccccc2)NC(=O)[C@H](Cc2ccccc2)NC(=O)[C@H](CC(N)=O)NC(=O)[C@@H](CCCCN)NC1=O. The Morgan fingerprint density at radius 2 is 0.852 bits per heavy atom. The van der Waals surface area contributed by atoms with Crippen molar-refractivity contribution in [2.24, 2.45) is 22.9 Å². The number of carboxylic acid groups (broad SMARTS) is 1. The van der Waals surface area contributed by atoms with Crippen LogP contribution in [0.2, 0.25) is 0 Å². The number of aliphatic carboxylic acids is 1. The summed E-state index contributed by atoms with van der Waals surface area (Å²) in [5, 5.41) is 76.1. The molecule has 115 heavy (non-hydrogen) atoms. The minimum atomic E-state index is -1.99. The number of H-pyrrole nitrogens is 1. The quantitative estimate of drug-likeness (QED) is 0.0182. The molecule has 0 aliphatic carbocycles. The third kappa shape index (κ3) is 30.7. The summed E-state index contributed by atoms with van der Waals surface area (Å²) >= 11 is 0. The molecular weight excluding hydrogens is 1530 g/mol. The molecule has 15 atom stereocenters. The van der Waals surface area contributed by atoms with Gasteiger partial charge in [-0.25, -0.2) is 4.79 Å². The zero-order valence-electron chi connectivity index (χ0n) is 63.8. The molecule has 1 aromatic heterocycles. The smallest absolute Gasteiger partial charge is 0.327 e. The lowest BCUT2D eigenvalue weighted by atomic mass is 10.00. The predicted octanol–water partition coefficient (Wildman–Crippen LogP) is -4.91. The van der Waals surface area contributed by atoms with Gasteiger partial charge in [-0.15, -0.1) is 0 Å². The van der Waals surface area contributed by atoms with E-state index in [9.17, 15) is 78.0 Å². The molecule has 37 nitrogen and oxygen atoms in total. The second-order valence-electron chi connectivity index (χ2n) is 27.6. The molecule has 0 spiro atoms. The van der Waals surface area contributed by atoms with E-state index in [1.807, 2.05) is 0 Å². The molecule has 0 unspecified atom stereocenters. The molecule has 624 valence electrons. The van der Waals surface area contributed by atoms with Gasteiger partial charge < -0.3 is 117 Å². The lowest BCUT2D eigenvalue weighted by molar-refractivity contribution is -0.142. The number of hydrogen-bond acceptors (Lipinski definition) is 23. The zero-order chi connectivity index (χ0) is 84.3. The van der Waals surface area contributed by atoms with Gasteiger partial charge in [0.1, 0.15) is 72.5 Å². The largest absolute Gasteiger partial charge is 0.480 e. The van der Waals surface area contributed by atoms with Crippen molar-refractivity contribution >= 4 is 121 Å². The number of primary amides is 1. The van der Waals surface area contributed by atoms with Gasteiger partial charge in [-0.05, 0) is 101 Å². The maximum absolute atomic E-state index is 15.4. The molecule has 1 fully saturated rings. The highest BCUT2D eigenvalue weighted by Gasteiger charge is 2.40. The van der Waals surface area contributed by atoms with Crippen molar-refractivity contribution in [3.8, 4) is 0 Å². The van der Waals surface area contributed by atoms with Crippen LogP contribution in [-0.4, -0.2) is 243 Å². The Bertz CT molecular complexity index is 4130. The van der Waals surface area contributed by atoms with Gasteiger partial charge >= 0.3 is 5.97 Å². The van der Waals surface area contributed by atoms with E-state index in [4.69, 9.17) is 22.9 Å². The minimum Gasteiger partial charge on any atom is -0.480 e. The van der Waals surface area contributed by atoms with E-state index in [0.29, 0.717) is 39.6 Å². The lowest BCUT2D eigenvalue weighted by Gasteiger charge is -2.29. The summed E-state index contributed by atoms with van der Waals surface area (Å²) in [6, 6.07) is 9.57. The standard InChI is InChI=1S/C76H104N18O19S2/c1-41(79)64(100)82-37-61(99)83-58-39-114-115-40-59(76(112)113)92-72(108)57(38-95)91-75(111)63(43(3)97)94-71(107)54(33-46-23-11-6-12-24-46)90-74(110)62(42(2)96)93-66(102)51(28-16-18-30-78)84-69(105)55(34-47-36-81-49-26-14-13-25-48(47)49)88-68(104)53(32-45-21-9-5-10-22-45)86-67(103)52(31-44-19-7-4-8-20-44)87-70(106)56(35-60(80)98)89-65(101)50(85-73(58)109)27-15-17-29-77/h4-14,19-26,36,41-43,50-59,62-63,81,95-97H,15-18,27-35,37-40,77-79H2,1-3H3,(H2,80,98)(H,82,100)(H,83,99)(H,84,105)(H,85,109)(H,86,103)(H,87,106)(H,88,104)(H,89,101)(H,90,110)(H,91,111)(H,92,108)(H,93,102)(H,94,107)(H,112,113)/t41-,42+,43+,50+,51-,52-,53+,54+,55+,56-,57-,58+,59-,62-,63-/m0/s1. The van der Waals surface area contributed by atoms with Gasteiger partial charge in [-0.1, -0.05) is 131 Å². The molecule has 4 aromatic carbocycles. The Morgan fingerprint density at radius 3 is 1.30 bits per heavy atom. The number of hydrogen-bond donors (Lipinski definition) is 22. The normalized spacial score (nSPS) is 23.7. The van der Waals surface area contributed by atoms with E-state index in [2.05, 4.69) is 74.1 Å². The van der Waals surface area contributed by atoms with Gasteiger partial charge in [0, 0.05) is 54.3 Å². The fourth-order valence-electron chi connectivity index (χ4n) is 11.9. The van der Waals surface area contributed by atoms with Gasteiger partial charge in [0.05, 0.1) is 37.8 Å². The van der Waals surface area contributed by atoms with Crippen LogP contribution in [0.25, 0.3) is 10.9 Å². The molecule has 39 heteroatoms. The van der Waals surface area contributed by atoms with Gasteiger partial charge in [0.2, 0.25) is 82.7 Å². The number of aromatic nitrogens is 1. The summed E-state index contributed by atoms with van der Waals surface area (Å²) in [7, 11) is 1.49. The van der Waals surface area contributed by atoms with Crippen LogP contribution in [0.15, 0.2) is 121 Å². The summed E-state index contributed by atoms with van der Waals surface area (Å²) in [6.45, 7) is 1.88. The Hall–Kier alpha value is -11.1. The number of para-hydroxylation sites is 1. The number of aliphatic hydroxyl groups is 3. The molecular formula is C76H104N18O19S2. The highest BCUT2D eigenvalue weighted by atomic mass is 33.1. The van der Waals surface area contributed by atoms with Crippen molar-refractivity contribution in [3.63, 3.8) is 0 Å². The van der Waals surface area contributed by atoms with Crippen LogP contribution in [0.3, 0.4) is 0 Å². The number of aromatic amines is 1. The van der Waals surface area contributed by atoms with Crippen LogP contribution in [0, 0.1) is 0 Å². The van der Waals surface area contributed by atoms with E-state index in [1.54, 1.807) is 121 Å². The fourth-order valence-corrected chi connectivity index (χ4v) is 14.3. The number of nitrogens with two attached hydrogens (primary N) is 4. The number of unbranched alkanes of at least 4 members (excludes halogenated alkanes) is 2. The summed E-state index contributed by atoms with van der Waals surface area (Å²) < 4.78 is 0. The molecule has 5 aromatic rings. The first kappa shape index (κ1) is 92.8. The molecule has 0 radical (unpaired) electrons. The summed E-state index contributed by atoms with van der Waals surface area (Å²) in [4.78, 5) is 217. The number of fused-ring (bicyclic) bond motifs is 1. The number of amides is 14. The van der Waals surface area contributed by atoms with Crippen LogP contribution in [0.5, 0.6) is 0 Å². The van der Waals surface area contributed by atoms with Gasteiger partial charge in [0.25, 0.3) is 0 Å². The molecule has 26 N–H and O–H groups in total. The third-order valence-corrected chi connectivity index (χ3v) is 20.7. The molecule has 1 aliphatic rings. The fraction of sp³-hybridized carbons (Fsp3) is 0.461. The summed E-state index contributed by atoms with van der Waals surface area (Å²) in [5.74, 6) is -17.7. The predicted molar refractivity (Wildman–Crippen MR) is 425 cm³/mol. The highest BCUT2D eigenvalue weighted by Crippen LogP contribution is 2.25. The van der Waals surface area contributed by atoms with E-state index in [0.717, 1.165) is 35.4 Å². The first-order chi connectivity index (χ1) is 54.9. The second kappa shape index (κ2) is 47.6. The van der Waals surface area contributed by atoms with Gasteiger partial charge in [0.15, 0.2) is 0 Å². The molecule has 0 saturated carbocycles. The number of rotatable bonds is 26. The van der Waals surface area contributed by atoms with E-state index in [-0.39, 0.29) is 70.9 Å². The van der Waals surface area contributed by atoms with Crippen molar-refractivity contribution in [1.82, 2.24) is 74.1 Å². The van der Waals surface area contributed by atoms with Crippen LogP contribution in [0.1, 0.15) is 88.0 Å². The number of carbonyl (C=O) groups excluding carboxylic acids is 14. The van der Waals surface area contributed by atoms with Crippen molar-refractivity contribution < 1.29 is 92.3 Å². The van der Waals surface area contributed by atoms with Crippen LogP contribution in [-0.2, 0) is 97.6 Å². The van der Waals surface area contributed by atoms with Crippen molar-refractivity contribution in [2.75, 3.05) is 37.7 Å². The number of nitrogens with one attached hydrogen (secondary N) is 14. The van der Waals surface area contributed by atoms with Gasteiger partial charge in [-0.2, -0.15) is 0 Å². The Morgan fingerprint density at radius 1 is 0.470 bits per heavy atom. The van der Waals surface area contributed by atoms with Gasteiger partial charge in [-0.3, -0.25) is 67.1 Å². The zero-order valence-corrected chi connectivity index (χ0v) is 65.4.